The molecule has 1 aromatic heterocycles. The monoisotopic (exact) mass is 500 g/mol. The van der Waals surface area contributed by atoms with Crippen LogP contribution >= 0.6 is 0 Å². The fraction of sp³-hybridized carbons (Fsp3) is 0.429. The summed E-state index contributed by atoms with van der Waals surface area (Å²) in [5.41, 5.74) is 1.47. The maximum absolute atomic E-state index is 13.6. The second-order valence-corrected chi connectivity index (χ2v) is 8.79. The Morgan fingerprint density at radius 3 is 2.08 bits per heavy atom. The second-order valence-electron chi connectivity index (χ2n) is 8.79. The Balaban J connectivity index is 1.68. The number of nitrogens with one attached hydrogen (secondary N) is 2. The van der Waals surface area contributed by atoms with Crippen LogP contribution in [0.5, 0.6) is 5.75 Å². The van der Waals surface area contributed by atoms with E-state index < -0.39 is 11.7 Å². The van der Waals surface area contributed by atoms with E-state index in [1.165, 1.54) is 24.8 Å². The fourth-order valence-electron chi connectivity index (χ4n) is 3.70. The molecule has 0 aliphatic rings. The first kappa shape index (κ1) is 27.3. The molecule has 3 aromatic rings. The molecule has 3 rings (SSSR count). The molecule has 2 aromatic carbocycles. The average Bonchev–Trinajstić information content (AvgIpc) is 2.86. The number of rotatable bonds is 14. The van der Waals surface area contributed by atoms with Crippen molar-refractivity contribution in [2.24, 2.45) is 0 Å². The van der Waals surface area contributed by atoms with Crippen molar-refractivity contribution in [2.75, 3.05) is 17.2 Å². The number of aromatic nitrogens is 2. The zero-order chi connectivity index (χ0) is 25.8. The highest BCUT2D eigenvalue weighted by molar-refractivity contribution is 5.63. The molecule has 36 heavy (non-hydrogen) atoms. The fourth-order valence-corrected chi connectivity index (χ4v) is 3.70. The van der Waals surface area contributed by atoms with Gasteiger partial charge in [0, 0.05) is 17.6 Å². The minimum absolute atomic E-state index is 0.0806. The van der Waals surface area contributed by atoms with Crippen molar-refractivity contribution in [3.05, 3.63) is 65.9 Å². The largest absolute Gasteiger partial charge is 0.494 e. The highest BCUT2D eigenvalue weighted by Crippen LogP contribution is 2.35. The van der Waals surface area contributed by atoms with E-state index in [-0.39, 0.29) is 11.8 Å². The molecular formula is C28H35F3N4O. The Labute approximate surface area is 211 Å². The number of hydrogen-bond acceptors (Lipinski definition) is 5. The number of aryl methyl sites for hydroxylation is 1. The van der Waals surface area contributed by atoms with Gasteiger partial charge in [-0.1, -0.05) is 58.1 Å². The number of ether oxygens (including phenoxy) is 1. The molecule has 0 saturated heterocycles. The summed E-state index contributed by atoms with van der Waals surface area (Å²) < 4.78 is 46.5. The lowest BCUT2D eigenvalue weighted by atomic mass is 10.1. The van der Waals surface area contributed by atoms with Crippen LogP contribution in [0.25, 0.3) is 0 Å². The maximum Gasteiger partial charge on any atom is 0.421 e. The van der Waals surface area contributed by atoms with E-state index in [0.717, 1.165) is 38.3 Å². The lowest BCUT2D eigenvalue weighted by molar-refractivity contribution is -0.137. The average molecular weight is 501 g/mol. The Bertz CT molecular complexity index is 1050. The van der Waals surface area contributed by atoms with Gasteiger partial charge in [0.2, 0.25) is 5.95 Å². The third kappa shape index (κ3) is 8.73. The second kappa shape index (κ2) is 13.7. The first-order valence-corrected chi connectivity index (χ1v) is 12.7. The molecule has 0 amide bonds. The van der Waals surface area contributed by atoms with E-state index in [1.807, 2.05) is 24.3 Å². The zero-order valence-electron chi connectivity index (χ0n) is 21.0. The highest BCUT2D eigenvalue weighted by atomic mass is 19.4. The highest BCUT2D eigenvalue weighted by Gasteiger charge is 2.35. The molecule has 2 N–H and O–H groups in total. The normalized spacial score (nSPS) is 11.4. The van der Waals surface area contributed by atoms with Gasteiger partial charge in [-0.15, -0.1) is 0 Å². The van der Waals surface area contributed by atoms with Gasteiger partial charge in [-0.25, -0.2) is 4.98 Å². The predicted molar refractivity (Wildman–Crippen MR) is 139 cm³/mol. The van der Waals surface area contributed by atoms with Gasteiger partial charge in [-0.05, 0) is 61.2 Å². The SMILES string of the molecule is CCCCCCc1ccc(Nc2ncc(C(F)(F)F)c(Nc3ccc(OCCCCC)cc3)n2)cc1. The minimum Gasteiger partial charge on any atom is -0.494 e. The van der Waals surface area contributed by atoms with E-state index in [4.69, 9.17) is 4.74 Å². The van der Waals surface area contributed by atoms with Crippen LogP contribution in [-0.2, 0) is 12.6 Å². The standard InChI is InChI=1S/C28H35F3N4O/c1-3-5-7-8-10-21-11-13-23(14-12-21)34-27-32-20-25(28(29,30)31)26(35-27)33-22-15-17-24(18-16-22)36-19-9-6-4-2/h11-18,20H,3-10,19H2,1-2H3,(H2,32,33,34,35). The zero-order valence-corrected chi connectivity index (χ0v) is 21.0. The van der Waals surface area contributed by atoms with Crippen LogP contribution in [0, 0.1) is 0 Å². The third-order valence-electron chi connectivity index (χ3n) is 5.76. The number of anilines is 4. The quantitative estimate of drug-likeness (QED) is 0.217. The number of unbranched alkanes of at least 4 members (excludes halogenated alkanes) is 5. The van der Waals surface area contributed by atoms with Crippen LogP contribution in [0.2, 0.25) is 0 Å². The summed E-state index contributed by atoms with van der Waals surface area (Å²) in [6.07, 6.45) is 5.15. The summed E-state index contributed by atoms with van der Waals surface area (Å²) in [6, 6.07) is 14.6. The summed E-state index contributed by atoms with van der Waals surface area (Å²) >= 11 is 0. The van der Waals surface area contributed by atoms with Crippen LogP contribution < -0.4 is 15.4 Å². The van der Waals surface area contributed by atoms with Gasteiger partial charge in [-0.3, -0.25) is 0 Å². The molecule has 5 nitrogen and oxygen atoms in total. The first-order valence-electron chi connectivity index (χ1n) is 12.7. The Morgan fingerprint density at radius 1 is 0.778 bits per heavy atom. The molecule has 8 heteroatoms. The summed E-state index contributed by atoms with van der Waals surface area (Å²) in [6.45, 7) is 4.92. The smallest absolute Gasteiger partial charge is 0.421 e. The third-order valence-corrected chi connectivity index (χ3v) is 5.76. The lowest BCUT2D eigenvalue weighted by Gasteiger charge is -2.15. The molecule has 0 bridgehead atoms. The maximum atomic E-state index is 13.6. The molecule has 0 atom stereocenters. The topological polar surface area (TPSA) is 59.1 Å². The molecule has 1 heterocycles. The van der Waals surface area contributed by atoms with Gasteiger partial charge in [0.1, 0.15) is 17.1 Å². The summed E-state index contributed by atoms with van der Waals surface area (Å²) in [5, 5.41) is 5.79. The van der Waals surface area contributed by atoms with Crippen LogP contribution in [-0.4, -0.2) is 16.6 Å². The molecule has 0 saturated carbocycles. The summed E-state index contributed by atoms with van der Waals surface area (Å²) in [5.74, 6) is 0.438. The van der Waals surface area contributed by atoms with Crippen molar-refractivity contribution in [3.63, 3.8) is 0 Å². The Hall–Kier alpha value is -3.29. The molecule has 0 aliphatic carbocycles. The molecule has 0 unspecified atom stereocenters. The van der Waals surface area contributed by atoms with E-state index in [9.17, 15) is 13.2 Å². The first-order chi connectivity index (χ1) is 17.4. The van der Waals surface area contributed by atoms with E-state index in [0.29, 0.717) is 23.7 Å². The van der Waals surface area contributed by atoms with Crippen molar-refractivity contribution in [3.8, 4) is 5.75 Å². The van der Waals surface area contributed by atoms with Crippen molar-refractivity contribution < 1.29 is 17.9 Å². The van der Waals surface area contributed by atoms with Crippen molar-refractivity contribution in [1.29, 1.82) is 0 Å². The number of hydrogen-bond donors (Lipinski definition) is 2. The number of benzene rings is 2. The van der Waals surface area contributed by atoms with Gasteiger partial charge < -0.3 is 15.4 Å². The Morgan fingerprint density at radius 2 is 1.42 bits per heavy atom. The number of halogens is 3. The van der Waals surface area contributed by atoms with E-state index in [1.54, 1.807) is 24.3 Å². The molecule has 0 fully saturated rings. The lowest BCUT2D eigenvalue weighted by Crippen LogP contribution is -2.12. The van der Waals surface area contributed by atoms with Crippen molar-refractivity contribution in [2.45, 2.75) is 71.4 Å². The summed E-state index contributed by atoms with van der Waals surface area (Å²) in [4.78, 5) is 8.03. The summed E-state index contributed by atoms with van der Waals surface area (Å²) in [7, 11) is 0. The molecule has 0 spiro atoms. The van der Waals surface area contributed by atoms with Crippen molar-refractivity contribution in [1.82, 2.24) is 9.97 Å². The van der Waals surface area contributed by atoms with Gasteiger partial charge in [-0.2, -0.15) is 18.2 Å². The van der Waals surface area contributed by atoms with Crippen LogP contribution in [0.15, 0.2) is 54.7 Å². The number of nitrogens with zero attached hydrogens (tertiary/aromatic N) is 2. The number of alkyl halides is 3. The molecule has 194 valence electrons. The molecular weight excluding hydrogens is 465 g/mol. The van der Waals surface area contributed by atoms with Gasteiger partial charge in [0.25, 0.3) is 0 Å². The predicted octanol–water partition coefficient (Wildman–Crippen LogP) is 8.67. The van der Waals surface area contributed by atoms with Crippen LogP contribution in [0.1, 0.15) is 69.9 Å². The van der Waals surface area contributed by atoms with Gasteiger partial charge >= 0.3 is 6.18 Å². The Kier molecular flexibility index (Phi) is 10.4. The molecule has 0 radical (unpaired) electrons. The van der Waals surface area contributed by atoms with E-state index >= 15 is 0 Å². The van der Waals surface area contributed by atoms with Crippen LogP contribution in [0.4, 0.5) is 36.3 Å². The van der Waals surface area contributed by atoms with Crippen molar-refractivity contribution >= 4 is 23.1 Å². The van der Waals surface area contributed by atoms with Crippen LogP contribution in [0.3, 0.4) is 0 Å². The minimum atomic E-state index is -4.59. The van der Waals surface area contributed by atoms with Gasteiger partial charge in [0.15, 0.2) is 0 Å². The van der Waals surface area contributed by atoms with Gasteiger partial charge in [0.05, 0.1) is 6.61 Å². The van der Waals surface area contributed by atoms with E-state index in [2.05, 4.69) is 34.4 Å². The molecule has 0 aliphatic heterocycles.